The summed E-state index contributed by atoms with van der Waals surface area (Å²) in [6, 6.07) is 7.54. The molecular formula is C17H22IN3O2. The summed E-state index contributed by atoms with van der Waals surface area (Å²) in [5.41, 5.74) is 8.83. The molecule has 1 aromatic carbocycles. The van der Waals surface area contributed by atoms with Gasteiger partial charge in [0.1, 0.15) is 0 Å². The van der Waals surface area contributed by atoms with Crippen molar-refractivity contribution in [2.24, 2.45) is 0 Å². The number of allylic oxidation sites excluding steroid dienone is 2. The molecule has 1 aliphatic rings. The van der Waals surface area contributed by atoms with E-state index in [1.54, 1.807) is 0 Å². The van der Waals surface area contributed by atoms with Crippen LogP contribution < -0.4 is 16.2 Å². The number of hydrazine groups is 1. The lowest BCUT2D eigenvalue weighted by Gasteiger charge is -2.19. The van der Waals surface area contributed by atoms with Gasteiger partial charge in [-0.25, -0.2) is 0 Å². The SMILES string of the molecule is CC1=C(NNC(=O)CCC(=O)Nc2ccc(I)cc2)CCCC1. The summed E-state index contributed by atoms with van der Waals surface area (Å²) < 4.78 is 1.11. The number of rotatable bonds is 6. The molecular weight excluding hydrogens is 405 g/mol. The van der Waals surface area contributed by atoms with Gasteiger partial charge in [-0.05, 0) is 79.5 Å². The Morgan fingerprint density at radius 2 is 1.70 bits per heavy atom. The molecule has 0 heterocycles. The molecule has 3 N–H and O–H groups in total. The molecule has 0 saturated heterocycles. The summed E-state index contributed by atoms with van der Waals surface area (Å²) in [5, 5.41) is 2.79. The van der Waals surface area contributed by atoms with Crippen LogP contribution in [0.4, 0.5) is 5.69 Å². The minimum Gasteiger partial charge on any atom is -0.326 e. The lowest BCUT2D eigenvalue weighted by molar-refractivity contribution is -0.124. The zero-order chi connectivity index (χ0) is 16.7. The van der Waals surface area contributed by atoms with Gasteiger partial charge in [0.2, 0.25) is 11.8 Å². The van der Waals surface area contributed by atoms with E-state index in [9.17, 15) is 9.59 Å². The van der Waals surface area contributed by atoms with Gasteiger partial charge < -0.3 is 10.7 Å². The van der Waals surface area contributed by atoms with Crippen LogP contribution in [0.15, 0.2) is 35.5 Å². The summed E-state index contributed by atoms with van der Waals surface area (Å²) in [4.78, 5) is 23.7. The normalized spacial score (nSPS) is 14.3. The van der Waals surface area contributed by atoms with Gasteiger partial charge in [-0.15, -0.1) is 0 Å². The van der Waals surface area contributed by atoms with Crippen molar-refractivity contribution < 1.29 is 9.59 Å². The molecule has 23 heavy (non-hydrogen) atoms. The molecule has 0 unspecified atom stereocenters. The highest BCUT2D eigenvalue weighted by Crippen LogP contribution is 2.21. The third-order valence-corrected chi connectivity index (χ3v) is 4.52. The fraction of sp³-hybridized carbons (Fsp3) is 0.412. The summed E-state index contributed by atoms with van der Waals surface area (Å²) >= 11 is 2.21. The van der Waals surface area contributed by atoms with Gasteiger partial charge in [0, 0.05) is 27.8 Å². The summed E-state index contributed by atoms with van der Waals surface area (Å²) in [6.07, 6.45) is 4.74. The van der Waals surface area contributed by atoms with Crippen molar-refractivity contribution in [3.8, 4) is 0 Å². The minimum absolute atomic E-state index is 0.158. The zero-order valence-electron chi connectivity index (χ0n) is 13.2. The van der Waals surface area contributed by atoms with E-state index in [-0.39, 0.29) is 24.7 Å². The number of halogens is 1. The topological polar surface area (TPSA) is 70.2 Å². The Bertz CT molecular complexity index is 596. The van der Waals surface area contributed by atoms with Crippen molar-refractivity contribution in [3.05, 3.63) is 39.1 Å². The van der Waals surface area contributed by atoms with Gasteiger partial charge in [-0.3, -0.25) is 15.0 Å². The Labute approximate surface area is 150 Å². The van der Waals surface area contributed by atoms with Crippen LogP contribution in [0.3, 0.4) is 0 Å². The molecule has 5 nitrogen and oxygen atoms in total. The molecule has 0 aromatic heterocycles. The second-order valence-electron chi connectivity index (χ2n) is 5.69. The number of carbonyl (C=O) groups excluding carboxylic acids is 2. The van der Waals surface area contributed by atoms with Crippen molar-refractivity contribution in [1.29, 1.82) is 0 Å². The number of hydrogen-bond donors (Lipinski definition) is 3. The molecule has 2 rings (SSSR count). The lowest BCUT2D eigenvalue weighted by atomic mass is 9.98. The Morgan fingerprint density at radius 3 is 2.39 bits per heavy atom. The number of amides is 2. The first-order valence-electron chi connectivity index (χ1n) is 7.83. The molecule has 0 atom stereocenters. The first-order valence-corrected chi connectivity index (χ1v) is 8.91. The smallest absolute Gasteiger partial charge is 0.238 e. The Morgan fingerprint density at radius 1 is 1.04 bits per heavy atom. The monoisotopic (exact) mass is 427 g/mol. The number of anilines is 1. The highest BCUT2D eigenvalue weighted by Gasteiger charge is 2.11. The van der Waals surface area contributed by atoms with E-state index in [0.717, 1.165) is 34.2 Å². The van der Waals surface area contributed by atoms with E-state index in [1.807, 2.05) is 24.3 Å². The Kier molecular flexibility index (Phi) is 6.88. The van der Waals surface area contributed by atoms with Crippen molar-refractivity contribution in [1.82, 2.24) is 10.9 Å². The highest BCUT2D eigenvalue weighted by atomic mass is 127. The van der Waals surface area contributed by atoms with Crippen LogP contribution in [0.2, 0.25) is 0 Å². The first kappa shape index (κ1) is 17.8. The first-order chi connectivity index (χ1) is 11.0. The largest absolute Gasteiger partial charge is 0.326 e. The van der Waals surface area contributed by atoms with E-state index in [2.05, 4.69) is 45.7 Å². The molecule has 0 fully saturated rings. The van der Waals surface area contributed by atoms with E-state index < -0.39 is 0 Å². The third-order valence-electron chi connectivity index (χ3n) is 3.80. The van der Waals surface area contributed by atoms with Gasteiger partial charge in [-0.1, -0.05) is 5.57 Å². The molecule has 0 bridgehead atoms. The lowest BCUT2D eigenvalue weighted by Crippen LogP contribution is -2.38. The number of carbonyl (C=O) groups is 2. The number of nitrogens with one attached hydrogen (secondary N) is 3. The summed E-state index contributed by atoms with van der Waals surface area (Å²) in [7, 11) is 0. The quantitative estimate of drug-likeness (QED) is 0.481. The van der Waals surface area contributed by atoms with Crippen molar-refractivity contribution >= 4 is 40.1 Å². The maximum atomic E-state index is 11.8. The van der Waals surface area contributed by atoms with Crippen molar-refractivity contribution in [2.75, 3.05) is 5.32 Å². The van der Waals surface area contributed by atoms with Crippen LogP contribution in [-0.4, -0.2) is 11.8 Å². The van der Waals surface area contributed by atoms with E-state index in [1.165, 1.54) is 12.0 Å². The Hall–Kier alpha value is -1.57. The molecule has 0 aliphatic heterocycles. The van der Waals surface area contributed by atoms with E-state index in [0.29, 0.717) is 0 Å². The summed E-state index contributed by atoms with van der Waals surface area (Å²) in [6.45, 7) is 2.09. The second kappa shape index (κ2) is 8.90. The highest BCUT2D eigenvalue weighted by molar-refractivity contribution is 14.1. The maximum Gasteiger partial charge on any atom is 0.238 e. The molecule has 1 aromatic rings. The van der Waals surface area contributed by atoms with Gasteiger partial charge in [-0.2, -0.15) is 0 Å². The van der Waals surface area contributed by atoms with Crippen molar-refractivity contribution in [3.63, 3.8) is 0 Å². The number of benzene rings is 1. The van der Waals surface area contributed by atoms with Gasteiger partial charge in [0.25, 0.3) is 0 Å². The van der Waals surface area contributed by atoms with Gasteiger partial charge >= 0.3 is 0 Å². The fourth-order valence-electron chi connectivity index (χ4n) is 2.42. The predicted molar refractivity (Wildman–Crippen MR) is 99.5 cm³/mol. The van der Waals surface area contributed by atoms with E-state index >= 15 is 0 Å². The van der Waals surface area contributed by atoms with Gasteiger partial charge in [0.05, 0.1) is 0 Å². The van der Waals surface area contributed by atoms with Crippen LogP contribution in [0, 0.1) is 3.57 Å². The van der Waals surface area contributed by atoms with Crippen LogP contribution in [-0.2, 0) is 9.59 Å². The zero-order valence-corrected chi connectivity index (χ0v) is 15.4. The van der Waals surface area contributed by atoms with Crippen LogP contribution in [0.5, 0.6) is 0 Å². The third kappa shape index (κ3) is 6.21. The predicted octanol–water partition coefficient (Wildman–Crippen LogP) is 3.48. The molecule has 1 aliphatic carbocycles. The molecule has 2 amide bonds. The minimum atomic E-state index is -0.173. The summed E-state index contributed by atoms with van der Waals surface area (Å²) in [5.74, 6) is -0.331. The van der Waals surface area contributed by atoms with E-state index in [4.69, 9.17) is 0 Å². The Balaban J connectivity index is 1.69. The number of hydrogen-bond acceptors (Lipinski definition) is 3. The fourth-order valence-corrected chi connectivity index (χ4v) is 2.78. The van der Waals surface area contributed by atoms with Gasteiger partial charge in [0.15, 0.2) is 0 Å². The second-order valence-corrected chi connectivity index (χ2v) is 6.94. The molecule has 0 spiro atoms. The molecule has 124 valence electrons. The molecule has 0 radical (unpaired) electrons. The van der Waals surface area contributed by atoms with Crippen molar-refractivity contribution in [2.45, 2.75) is 45.4 Å². The molecule has 6 heteroatoms. The van der Waals surface area contributed by atoms with Crippen LogP contribution in [0.25, 0.3) is 0 Å². The van der Waals surface area contributed by atoms with Crippen LogP contribution in [0.1, 0.15) is 45.4 Å². The average molecular weight is 427 g/mol. The maximum absolute atomic E-state index is 11.8. The standard InChI is InChI=1S/C17H22IN3O2/c1-12-4-2-3-5-15(12)20-21-17(23)11-10-16(22)19-14-8-6-13(18)7-9-14/h6-9,20H,2-5,10-11H2,1H3,(H,19,22)(H,21,23). The molecule has 0 saturated carbocycles. The average Bonchev–Trinajstić information content (AvgIpc) is 2.54. The van der Waals surface area contributed by atoms with Crippen LogP contribution >= 0.6 is 22.6 Å².